The van der Waals surface area contributed by atoms with Crippen molar-refractivity contribution in [2.24, 2.45) is 7.05 Å². The van der Waals surface area contributed by atoms with Crippen molar-refractivity contribution in [2.45, 2.75) is 6.54 Å². The molecule has 0 aliphatic rings. The normalized spacial score (nSPS) is 10.4. The summed E-state index contributed by atoms with van der Waals surface area (Å²) in [5.74, 6) is -0.0913. The molecule has 18 heavy (non-hydrogen) atoms. The van der Waals surface area contributed by atoms with Crippen LogP contribution in [0.4, 0.5) is 0 Å². The van der Waals surface area contributed by atoms with Crippen LogP contribution in [0, 0.1) is 3.57 Å². The van der Waals surface area contributed by atoms with Crippen LogP contribution in [0.15, 0.2) is 34.9 Å². The Morgan fingerprint density at radius 3 is 2.94 bits per heavy atom. The van der Waals surface area contributed by atoms with Crippen LogP contribution < -0.4 is 5.32 Å². The van der Waals surface area contributed by atoms with E-state index in [9.17, 15) is 4.79 Å². The Morgan fingerprint density at radius 1 is 1.50 bits per heavy atom. The second-order valence-electron chi connectivity index (χ2n) is 3.79. The van der Waals surface area contributed by atoms with Crippen LogP contribution in [0.2, 0.25) is 0 Å². The topological polar surface area (TPSA) is 46.9 Å². The van der Waals surface area contributed by atoms with Crippen molar-refractivity contribution < 1.29 is 4.79 Å². The number of aromatic nitrogens is 2. The Balaban J connectivity index is 2.05. The fourth-order valence-electron chi connectivity index (χ4n) is 1.50. The second-order valence-corrected chi connectivity index (χ2v) is 5.87. The quantitative estimate of drug-likeness (QED) is 0.777. The van der Waals surface area contributed by atoms with Gasteiger partial charge >= 0.3 is 0 Å². The van der Waals surface area contributed by atoms with Crippen molar-refractivity contribution in [3.63, 3.8) is 0 Å². The molecule has 0 bridgehead atoms. The van der Waals surface area contributed by atoms with Gasteiger partial charge in [0.25, 0.3) is 5.91 Å². The first-order valence-electron chi connectivity index (χ1n) is 5.28. The molecule has 0 aliphatic heterocycles. The molecule has 0 fully saturated rings. The zero-order valence-electron chi connectivity index (χ0n) is 9.65. The monoisotopic (exact) mass is 419 g/mol. The predicted octanol–water partition coefficient (Wildman–Crippen LogP) is 2.72. The number of carbonyl (C=O) groups is 1. The molecule has 0 aliphatic carbocycles. The molecule has 0 saturated heterocycles. The van der Waals surface area contributed by atoms with Crippen LogP contribution >= 0.6 is 38.5 Å². The van der Waals surface area contributed by atoms with E-state index in [1.165, 1.54) is 0 Å². The van der Waals surface area contributed by atoms with E-state index in [1.54, 1.807) is 4.68 Å². The largest absolute Gasteiger partial charge is 0.346 e. The van der Waals surface area contributed by atoms with Gasteiger partial charge in [-0.25, -0.2) is 0 Å². The first kappa shape index (κ1) is 13.5. The van der Waals surface area contributed by atoms with E-state index in [2.05, 4.69) is 48.9 Å². The van der Waals surface area contributed by atoms with Crippen LogP contribution in [0.1, 0.15) is 16.1 Å². The van der Waals surface area contributed by atoms with Crippen molar-refractivity contribution in [3.05, 3.63) is 49.8 Å². The average molecular weight is 420 g/mol. The van der Waals surface area contributed by atoms with E-state index in [-0.39, 0.29) is 5.91 Å². The minimum Gasteiger partial charge on any atom is -0.346 e. The lowest BCUT2D eigenvalue weighted by Gasteiger charge is -2.06. The number of hydrogen-bond acceptors (Lipinski definition) is 2. The summed E-state index contributed by atoms with van der Waals surface area (Å²) >= 11 is 5.51. The fraction of sp³-hybridized carbons (Fsp3) is 0.167. The van der Waals surface area contributed by atoms with Gasteiger partial charge in [0.2, 0.25) is 0 Å². The summed E-state index contributed by atoms with van der Waals surface area (Å²) in [5.41, 5.74) is 1.51. The van der Waals surface area contributed by atoms with Gasteiger partial charge in [-0.15, -0.1) is 0 Å². The zero-order chi connectivity index (χ0) is 13.1. The lowest BCUT2D eigenvalue weighted by molar-refractivity contribution is 0.0949. The molecule has 1 amide bonds. The summed E-state index contributed by atoms with van der Waals surface area (Å²) in [4.78, 5) is 12.0. The maximum Gasteiger partial charge on any atom is 0.252 e. The van der Waals surface area contributed by atoms with Gasteiger partial charge in [0.1, 0.15) is 0 Å². The number of nitrogens with zero attached hydrogens (tertiary/aromatic N) is 2. The maximum atomic E-state index is 12.0. The molecule has 0 atom stereocenters. The lowest BCUT2D eigenvalue weighted by Crippen LogP contribution is -2.24. The Kier molecular flexibility index (Phi) is 4.39. The molecule has 0 unspecified atom stereocenters. The average Bonchev–Trinajstić information content (AvgIpc) is 2.75. The van der Waals surface area contributed by atoms with Crippen LogP contribution in [0.3, 0.4) is 0 Å². The second kappa shape index (κ2) is 5.83. The molecule has 6 heteroatoms. The molecule has 0 spiro atoms. The lowest BCUT2D eigenvalue weighted by atomic mass is 10.2. The molecule has 4 nitrogen and oxygen atoms in total. The van der Waals surface area contributed by atoms with Crippen LogP contribution in [-0.4, -0.2) is 15.7 Å². The number of benzene rings is 1. The molecule has 2 aromatic rings. The molecular formula is C12H11BrIN3O. The highest BCUT2D eigenvalue weighted by molar-refractivity contribution is 14.1. The van der Waals surface area contributed by atoms with Gasteiger partial charge in [0.05, 0.1) is 17.8 Å². The Bertz CT molecular complexity index is 582. The van der Waals surface area contributed by atoms with Gasteiger partial charge in [0, 0.05) is 21.3 Å². The highest BCUT2D eigenvalue weighted by Crippen LogP contribution is 2.18. The summed E-state index contributed by atoms with van der Waals surface area (Å²) in [6.45, 7) is 0.433. The third kappa shape index (κ3) is 3.32. The van der Waals surface area contributed by atoms with Crippen molar-refractivity contribution in [1.82, 2.24) is 15.1 Å². The molecule has 1 heterocycles. The minimum absolute atomic E-state index is 0.0913. The number of hydrogen-bond donors (Lipinski definition) is 1. The summed E-state index contributed by atoms with van der Waals surface area (Å²) in [6.07, 6.45) is 1.85. The van der Waals surface area contributed by atoms with Crippen molar-refractivity contribution in [3.8, 4) is 0 Å². The number of nitrogens with one attached hydrogen (secondary N) is 1. The van der Waals surface area contributed by atoms with E-state index in [4.69, 9.17) is 0 Å². The van der Waals surface area contributed by atoms with Gasteiger partial charge in [-0.1, -0.05) is 15.9 Å². The predicted molar refractivity (Wildman–Crippen MR) is 81.2 cm³/mol. The van der Waals surface area contributed by atoms with E-state index in [0.29, 0.717) is 12.1 Å². The SMILES string of the molecule is Cn1ccc(CNC(=O)c2cc(Br)ccc2I)n1. The van der Waals surface area contributed by atoms with Gasteiger partial charge in [-0.2, -0.15) is 5.10 Å². The molecule has 1 aromatic heterocycles. The number of aryl methyl sites for hydroxylation is 1. The Morgan fingerprint density at radius 2 is 2.28 bits per heavy atom. The third-order valence-electron chi connectivity index (χ3n) is 2.37. The molecule has 94 valence electrons. The number of rotatable bonds is 3. The Labute approximate surface area is 127 Å². The molecular weight excluding hydrogens is 409 g/mol. The van der Waals surface area contributed by atoms with E-state index < -0.39 is 0 Å². The van der Waals surface area contributed by atoms with Crippen molar-refractivity contribution >= 4 is 44.4 Å². The van der Waals surface area contributed by atoms with E-state index >= 15 is 0 Å². The van der Waals surface area contributed by atoms with Gasteiger partial charge < -0.3 is 5.32 Å². The number of amides is 1. The first-order chi connectivity index (χ1) is 8.56. The zero-order valence-corrected chi connectivity index (χ0v) is 13.4. The maximum absolute atomic E-state index is 12.0. The van der Waals surface area contributed by atoms with Crippen molar-refractivity contribution in [2.75, 3.05) is 0 Å². The highest BCUT2D eigenvalue weighted by Gasteiger charge is 2.10. The summed E-state index contributed by atoms with van der Waals surface area (Å²) in [7, 11) is 1.85. The summed E-state index contributed by atoms with van der Waals surface area (Å²) in [6, 6.07) is 7.51. The van der Waals surface area contributed by atoms with Crippen LogP contribution in [-0.2, 0) is 13.6 Å². The number of carbonyl (C=O) groups excluding carboxylic acids is 1. The molecule has 1 aromatic carbocycles. The molecule has 2 rings (SSSR count). The third-order valence-corrected chi connectivity index (χ3v) is 3.81. The first-order valence-corrected chi connectivity index (χ1v) is 7.15. The van der Waals surface area contributed by atoms with E-state index in [0.717, 1.165) is 13.7 Å². The summed E-state index contributed by atoms with van der Waals surface area (Å²) in [5, 5.41) is 7.06. The van der Waals surface area contributed by atoms with Gasteiger partial charge in [-0.3, -0.25) is 9.48 Å². The minimum atomic E-state index is -0.0913. The molecule has 0 saturated carbocycles. The van der Waals surface area contributed by atoms with Gasteiger partial charge in [0.15, 0.2) is 0 Å². The number of halogens is 2. The van der Waals surface area contributed by atoms with Crippen molar-refractivity contribution in [1.29, 1.82) is 0 Å². The van der Waals surface area contributed by atoms with Crippen LogP contribution in [0.25, 0.3) is 0 Å². The Hall–Kier alpha value is -0.890. The fourth-order valence-corrected chi connectivity index (χ4v) is 2.44. The smallest absolute Gasteiger partial charge is 0.252 e. The van der Waals surface area contributed by atoms with Crippen LogP contribution in [0.5, 0.6) is 0 Å². The molecule has 0 radical (unpaired) electrons. The van der Waals surface area contributed by atoms with Gasteiger partial charge in [-0.05, 0) is 46.9 Å². The summed E-state index contributed by atoms with van der Waals surface area (Å²) < 4.78 is 3.53. The standard InChI is InChI=1S/C12H11BrIN3O/c1-17-5-4-9(16-17)7-15-12(18)10-6-8(13)2-3-11(10)14/h2-6H,7H2,1H3,(H,15,18). The molecule has 1 N–H and O–H groups in total. The highest BCUT2D eigenvalue weighted by atomic mass is 127. The van der Waals surface area contributed by atoms with E-state index in [1.807, 2.05) is 37.5 Å².